The van der Waals surface area contributed by atoms with Crippen LogP contribution >= 0.6 is 22.9 Å². The number of hydrogen-bond donors (Lipinski definition) is 1. The van der Waals surface area contributed by atoms with Gasteiger partial charge >= 0.3 is 6.03 Å². The number of pyridine rings is 1. The van der Waals surface area contributed by atoms with Crippen molar-refractivity contribution in [3.8, 4) is 0 Å². The average molecular weight is 404 g/mol. The number of carbonyl (C=O) groups excluding carboxylic acids is 3. The van der Waals surface area contributed by atoms with Gasteiger partial charge in [0.2, 0.25) is 0 Å². The van der Waals surface area contributed by atoms with Gasteiger partial charge in [0.25, 0.3) is 5.91 Å². The fourth-order valence-electron chi connectivity index (χ4n) is 3.70. The van der Waals surface area contributed by atoms with Crippen molar-refractivity contribution in [2.24, 2.45) is 0 Å². The van der Waals surface area contributed by atoms with Gasteiger partial charge in [0.05, 0.1) is 16.3 Å². The average Bonchev–Trinajstić information content (AvgIpc) is 3.28. The number of nitrogens with one attached hydrogen (secondary N) is 1. The number of urea groups is 1. The number of carbonyl (C=O) groups is 3. The van der Waals surface area contributed by atoms with Crippen LogP contribution in [0.2, 0.25) is 5.15 Å². The molecule has 0 spiro atoms. The zero-order valence-electron chi connectivity index (χ0n) is 14.5. The number of fused-ring (bicyclic) bond motifs is 1. The van der Waals surface area contributed by atoms with E-state index in [-0.39, 0.29) is 22.7 Å². The van der Waals surface area contributed by atoms with E-state index in [0.29, 0.717) is 10.6 Å². The van der Waals surface area contributed by atoms with E-state index in [2.05, 4.69) is 10.3 Å². The largest absolute Gasteiger partial charge is 0.335 e. The summed E-state index contributed by atoms with van der Waals surface area (Å²) >= 11 is 7.25. The molecule has 1 fully saturated rings. The van der Waals surface area contributed by atoms with Crippen molar-refractivity contribution < 1.29 is 14.4 Å². The minimum atomic E-state index is -1.14. The van der Waals surface area contributed by atoms with Crippen LogP contribution in [0, 0.1) is 0 Å². The van der Waals surface area contributed by atoms with Gasteiger partial charge in [0.1, 0.15) is 11.1 Å². The van der Waals surface area contributed by atoms with Crippen LogP contribution in [0.25, 0.3) is 0 Å². The summed E-state index contributed by atoms with van der Waals surface area (Å²) in [5.41, 5.74) is 0.567. The van der Waals surface area contributed by atoms with Crippen LogP contribution in [0.3, 0.4) is 0 Å². The van der Waals surface area contributed by atoms with Crippen LogP contribution in [0.5, 0.6) is 0 Å². The van der Waals surface area contributed by atoms with Crippen LogP contribution in [-0.4, -0.2) is 28.7 Å². The number of imide groups is 1. The van der Waals surface area contributed by atoms with E-state index in [1.54, 1.807) is 23.6 Å². The van der Waals surface area contributed by atoms with Crippen molar-refractivity contribution in [3.63, 3.8) is 0 Å². The quantitative estimate of drug-likeness (QED) is 0.474. The van der Waals surface area contributed by atoms with Gasteiger partial charge in [-0.1, -0.05) is 36.9 Å². The number of aromatic nitrogens is 1. The Balaban J connectivity index is 1.66. The zero-order valence-corrected chi connectivity index (χ0v) is 16.1. The van der Waals surface area contributed by atoms with Crippen LogP contribution in [0.4, 0.5) is 10.5 Å². The number of amides is 3. The van der Waals surface area contributed by atoms with Gasteiger partial charge in [-0.05, 0) is 36.4 Å². The lowest BCUT2D eigenvalue weighted by Gasteiger charge is -2.25. The van der Waals surface area contributed by atoms with Crippen molar-refractivity contribution in [2.45, 2.75) is 44.1 Å². The maximum absolute atomic E-state index is 13.1. The molecule has 6 nitrogen and oxygen atoms in total. The van der Waals surface area contributed by atoms with Crippen LogP contribution in [0.1, 0.15) is 53.4 Å². The number of anilines is 1. The number of rotatable bonds is 3. The summed E-state index contributed by atoms with van der Waals surface area (Å²) in [6.45, 7) is 0. The minimum Gasteiger partial charge on any atom is -0.335 e. The highest BCUT2D eigenvalue weighted by Crippen LogP contribution is 2.39. The lowest BCUT2D eigenvalue weighted by Crippen LogP contribution is -2.47. The highest BCUT2D eigenvalue weighted by atomic mass is 35.5. The first-order valence-corrected chi connectivity index (χ1v) is 10.2. The third kappa shape index (κ3) is 3.37. The van der Waals surface area contributed by atoms with E-state index >= 15 is 0 Å². The highest BCUT2D eigenvalue weighted by Gasteiger charge is 2.46. The lowest BCUT2D eigenvalue weighted by atomic mass is 9.96. The lowest BCUT2D eigenvalue weighted by molar-refractivity contribution is -0.117. The van der Waals surface area contributed by atoms with Gasteiger partial charge in [0.15, 0.2) is 5.78 Å². The summed E-state index contributed by atoms with van der Waals surface area (Å²) in [4.78, 5) is 44.5. The molecular weight excluding hydrogens is 386 g/mol. The van der Waals surface area contributed by atoms with Gasteiger partial charge in [-0.15, -0.1) is 11.3 Å². The molecule has 1 unspecified atom stereocenters. The summed E-state index contributed by atoms with van der Waals surface area (Å²) < 4.78 is 0. The second-order valence-electron chi connectivity index (χ2n) is 6.77. The molecule has 0 bridgehead atoms. The van der Waals surface area contributed by atoms with E-state index in [1.807, 2.05) is 0 Å². The molecule has 2 aromatic heterocycles. The number of hydrogen-bond acceptors (Lipinski definition) is 5. The molecule has 1 aliphatic heterocycles. The van der Waals surface area contributed by atoms with Gasteiger partial charge in [-0.3, -0.25) is 9.59 Å². The second-order valence-corrected chi connectivity index (χ2v) is 8.11. The monoisotopic (exact) mass is 403 g/mol. The predicted octanol–water partition coefficient (Wildman–Crippen LogP) is 4.15. The Morgan fingerprint density at radius 2 is 1.96 bits per heavy atom. The number of ketones is 1. The molecule has 8 heteroatoms. The van der Waals surface area contributed by atoms with Crippen LogP contribution < -0.4 is 10.2 Å². The summed E-state index contributed by atoms with van der Waals surface area (Å²) in [5, 5.41) is 4.89. The highest BCUT2D eigenvalue weighted by molar-refractivity contribution is 7.12. The molecule has 1 aliphatic carbocycles. The van der Waals surface area contributed by atoms with Gasteiger partial charge < -0.3 is 5.32 Å². The fraction of sp³-hybridized carbons (Fsp3) is 0.368. The Morgan fingerprint density at radius 3 is 2.67 bits per heavy atom. The van der Waals surface area contributed by atoms with Crippen molar-refractivity contribution >= 4 is 46.3 Å². The molecule has 140 valence electrons. The van der Waals surface area contributed by atoms with E-state index < -0.39 is 17.9 Å². The normalized spacial score (nSPS) is 19.8. The second kappa shape index (κ2) is 7.40. The molecule has 1 saturated carbocycles. The zero-order chi connectivity index (χ0) is 19.0. The van der Waals surface area contributed by atoms with E-state index in [9.17, 15) is 14.4 Å². The van der Waals surface area contributed by atoms with E-state index in [4.69, 9.17) is 11.6 Å². The van der Waals surface area contributed by atoms with Crippen molar-refractivity contribution in [1.29, 1.82) is 0 Å². The topological polar surface area (TPSA) is 79.4 Å². The number of nitrogens with zero attached hydrogens (tertiary/aromatic N) is 2. The third-order valence-corrected chi connectivity index (χ3v) is 6.11. The summed E-state index contributed by atoms with van der Waals surface area (Å²) in [6.07, 6.45) is 5.09. The molecule has 0 saturated heterocycles. The SMILES string of the molecule is O=C(c1cccs1)C1C(=O)N(C(=O)NC2CCCCC2)c2ccc(Cl)nc21. The van der Waals surface area contributed by atoms with Crippen LogP contribution in [-0.2, 0) is 4.79 Å². The Morgan fingerprint density at radius 1 is 1.19 bits per heavy atom. The predicted molar refractivity (Wildman–Crippen MR) is 104 cm³/mol. The van der Waals surface area contributed by atoms with Gasteiger partial charge in [-0.25, -0.2) is 14.7 Å². The maximum atomic E-state index is 13.1. The molecule has 2 aliphatic rings. The first-order chi connectivity index (χ1) is 13.1. The summed E-state index contributed by atoms with van der Waals surface area (Å²) in [7, 11) is 0. The Bertz CT molecular complexity index is 894. The fourth-order valence-corrected chi connectivity index (χ4v) is 4.55. The maximum Gasteiger partial charge on any atom is 0.329 e. The third-order valence-electron chi connectivity index (χ3n) is 5.01. The van der Waals surface area contributed by atoms with Gasteiger partial charge in [0, 0.05) is 6.04 Å². The molecule has 4 rings (SSSR count). The van der Waals surface area contributed by atoms with E-state index in [0.717, 1.165) is 37.0 Å². The minimum absolute atomic E-state index is 0.0507. The van der Waals surface area contributed by atoms with Crippen molar-refractivity contribution in [2.75, 3.05) is 4.90 Å². The molecule has 2 aromatic rings. The van der Waals surface area contributed by atoms with Crippen molar-refractivity contribution in [1.82, 2.24) is 10.3 Å². The molecule has 1 N–H and O–H groups in total. The Labute approximate surface area is 165 Å². The standard InChI is InChI=1S/C19H18ClN3O3S/c20-14-9-8-12-16(22-14)15(17(24)13-7-4-10-27-13)18(25)23(12)19(26)21-11-5-2-1-3-6-11/h4,7-11,15H,1-3,5-6H2,(H,21,26). The molecule has 1 atom stereocenters. The summed E-state index contributed by atoms with van der Waals surface area (Å²) in [5.74, 6) is -2.08. The smallest absolute Gasteiger partial charge is 0.329 e. The summed E-state index contributed by atoms with van der Waals surface area (Å²) in [6, 6.07) is 6.05. The van der Waals surface area contributed by atoms with Crippen LogP contribution in [0.15, 0.2) is 29.6 Å². The number of thiophene rings is 1. The molecule has 27 heavy (non-hydrogen) atoms. The molecular formula is C19H18ClN3O3S. The molecule has 3 heterocycles. The first kappa shape index (κ1) is 18.1. The number of halogens is 1. The van der Waals surface area contributed by atoms with E-state index in [1.165, 1.54) is 17.4 Å². The molecule has 0 radical (unpaired) electrons. The molecule has 0 aromatic carbocycles. The van der Waals surface area contributed by atoms with Crippen molar-refractivity contribution in [3.05, 3.63) is 45.4 Å². The van der Waals surface area contributed by atoms with Gasteiger partial charge in [-0.2, -0.15) is 0 Å². The molecule has 3 amide bonds. The Kier molecular flexibility index (Phi) is 4.97. The first-order valence-electron chi connectivity index (χ1n) is 8.95. The Hall–Kier alpha value is -2.25. The number of Topliss-reactive ketones (excluding diaryl/α,β-unsaturated/α-hetero) is 1.